The third-order valence-electron chi connectivity index (χ3n) is 2.97. The molecule has 2 N–H and O–H groups in total. The molecule has 0 aliphatic carbocycles. The predicted octanol–water partition coefficient (Wildman–Crippen LogP) is 3.91. The van der Waals surface area contributed by atoms with Crippen molar-refractivity contribution in [2.75, 3.05) is 25.0 Å². The van der Waals surface area contributed by atoms with E-state index < -0.39 is 0 Å². The molecule has 1 aromatic carbocycles. The van der Waals surface area contributed by atoms with E-state index >= 15 is 0 Å². The van der Waals surface area contributed by atoms with Gasteiger partial charge in [-0.25, -0.2) is 4.79 Å². The predicted molar refractivity (Wildman–Crippen MR) is 87.9 cm³/mol. The van der Waals surface area contributed by atoms with Gasteiger partial charge >= 0.3 is 6.03 Å². The Kier molecular flexibility index (Phi) is 6.49. The van der Waals surface area contributed by atoms with E-state index in [2.05, 4.69) is 26.1 Å². The monoisotopic (exact) mass is 312 g/mol. The summed E-state index contributed by atoms with van der Waals surface area (Å²) in [5.41, 5.74) is 1.53. The van der Waals surface area contributed by atoms with Crippen LogP contribution >= 0.6 is 11.6 Å². The summed E-state index contributed by atoms with van der Waals surface area (Å²) >= 11 is 6.21. The van der Waals surface area contributed by atoms with Crippen molar-refractivity contribution in [1.82, 2.24) is 4.90 Å². The van der Waals surface area contributed by atoms with Crippen LogP contribution in [-0.4, -0.2) is 35.7 Å². The molecule has 1 rings (SSSR count). The molecule has 118 valence electrons. The molecule has 0 saturated carbocycles. The zero-order valence-electron chi connectivity index (χ0n) is 13.2. The highest BCUT2D eigenvalue weighted by atomic mass is 35.5. The van der Waals surface area contributed by atoms with Crippen LogP contribution in [0, 0.1) is 12.3 Å². The summed E-state index contributed by atoms with van der Waals surface area (Å²) in [6, 6.07) is 5.36. The first-order chi connectivity index (χ1) is 9.74. The molecule has 4 nitrogen and oxygen atoms in total. The van der Waals surface area contributed by atoms with Crippen molar-refractivity contribution >= 4 is 23.3 Å². The van der Waals surface area contributed by atoms with E-state index in [0.717, 1.165) is 5.56 Å². The van der Waals surface area contributed by atoms with Crippen LogP contribution in [0.5, 0.6) is 0 Å². The molecule has 0 spiro atoms. The molecule has 0 unspecified atom stereocenters. The fourth-order valence-corrected chi connectivity index (χ4v) is 2.20. The summed E-state index contributed by atoms with van der Waals surface area (Å²) in [7, 11) is 0. The molecule has 0 bridgehead atoms. The van der Waals surface area contributed by atoms with E-state index in [9.17, 15) is 4.79 Å². The van der Waals surface area contributed by atoms with Crippen LogP contribution in [0.4, 0.5) is 10.5 Å². The molecule has 2 amide bonds. The Hall–Kier alpha value is -1.26. The average Bonchev–Trinajstić information content (AvgIpc) is 2.38. The van der Waals surface area contributed by atoms with Crippen molar-refractivity contribution in [2.45, 2.75) is 34.1 Å². The molecule has 0 aliphatic heterocycles. The number of aliphatic hydroxyl groups excluding tert-OH is 1. The second-order valence-electron chi connectivity index (χ2n) is 6.43. The molecule has 1 aromatic rings. The lowest BCUT2D eigenvalue weighted by Gasteiger charge is -2.30. The maximum absolute atomic E-state index is 12.4. The SMILES string of the molecule is Cc1cccc(NC(=O)N(CCCO)CC(C)(C)C)c1Cl. The Labute approximate surface area is 132 Å². The van der Waals surface area contributed by atoms with Gasteiger partial charge in [0.15, 0.2) is 0 Å². The minimum absolute atomic E-state index is 0.0107. The van der Waals surface area contributed by atoms with Crippen molar-refractivity contribution in [3.05, 3.63) is 28.8 Å². The number of nitrogens with one attached hydrogen (secondary N) is 1. The van der Waals surface area contributed by atoms with Gasteiger partial charge in [-0.1, -0.05) is 44.5 Å². The second-order valence-corrected chi connectivity index (χ2v) is 6.80. The number of hydrogen-bond donors (Lipinski definition) is 2. The van der Waals surface area contributed by atoms with Crippen molar-refractivity contribution in [3.63, 3.8) is 0 Å². The number of urea groups is 1. The summed E-state index contributed by atoms with van der Waals surface area (Å²) in [4.78, 5) is 14.2. The van der Waals surface area contributed by atoms with E-state index in [1.165, 1.54) is 0 Å². The first-order valence-corrected chi connectivity index (χ1v) is 7.54. The summed E-state index contributed by atoms with van der Waals surface area (Å²) < 4.78 is 0. The molecule has 0 saturated heterocycles. The normalized spacial score (nSPS) is 11.3. The smallest absolute Gasteiger partial charge is 0.321 e. The molecule has 0 fully saturated rings. The molecule has 0 aromatic heterocycles. The van der Waals surface area contributed by atoms with Gasteiger partial charge in [0.05, 0.1) is 10.7 Å². The van der Waals surface area contributed by atoms with Gasteiger partial charge < -0.3 is 15.3 Å². The first kappa shape index (κ1) is 17.8. The Morgan fingerprint density at radius 3 is 2.62 bits per heavy atom. The molecule has 0 radical (unpaired) electrons. The molecule has 21 heavy (non-hydrogen) atoms. The van der Waals surface area contributed by atoms with Crippen LogP contribution in [0.15, 0.2) is 18.2 Å². The Morgan fingerprint density at radius 1 is 1.38 bits per heavy atom. The van der Waals surface area contributed by atoms with Crippen LogP contribution in [0.2, 0.25) is 5.02 Å². The molecule has 0 aliphatic rings. The third kappa shape index (κ3) is 5.94. The van der Waals surface area contributed by atoms with Gasteiger partial charge in [0.2, 0.25) is 0 Å². The third-order valence-corrected chi connectivity index (χ3v) is 3.47. The van der Waals surface area contributed by atoms with Crippen molar-refractivity contribution in [1.29, 1.82) is 0 Å². The summed E-state index contributed by atoms with van der Waals surface area (Å²) in [6.45, 7) is 9.32. The minimum atomic E-state index is -0.189. The molecular weight excluding hydrogens is 288 g/mol. The van der Waals surface area contributed by atoms with Gasteiger partial charge in [-0.3, -0.25) is 0 Å². The first-order valence-electron chi connectivity index (χ1n) is 7.16. The summed E-state index contributed by atoms with van der Waals surface area (Å²) in [6.07, 6.45) is 0.561. The summed E-state index contributed by atoms with van der Waals surface area (Å²) in [5.74, 6) is 0. The number of anilines is 1. The van der Waals surface area contributed by atoms with Crippen molar-refractivity contribution < 1.29 is 9.90 Å². The lowest BCUT2D eigenvalue weighted by atomic mass is 9.96. The van der Waals surface area contributed by atoms with E-state index in [1.807, 2.05) is 19.1 Å². The van der Waals surface area contributed by atoms with Gasteiger partial charge in [0, 0.05) is 19.7 Å². The molecular formula is C16H25ClN2O2. The fourth-order valence-electron chi connectivity index (χ4n) is 2.02. The second kappa shape index (κ2) is 7.66. The van der Waals surface area contributed by atoms with E-state index in [0.29, 0.717) is 30.2 Å². The van der Waals surface area contributed by atoms with Gasteiger partial charge in [0.1, 0.15) is 0 Å². The number of nitrogens with zero attached hydrogens (tertiary/aromatic N) is 1. The maximum atomic E-state index is 12.4. The largest absolute Gasteiger partial charge is 0.396 e. The quantitative estimate of drug-likeness (QED) is 0.866. The van der Waals surface area contributed by atoms with Crippen molar-refractivity contribution in [2.24, 2.45) is 5.41 Å². The van der Waals surface area contributed by atoms with Gasteiger partial charge in [0.25, 0.3) is 0 Å². The standard InChI is InChI=1S/C16H25ClN2O2/c1-12-7-5-8-13(14(12)17)18-15(21)19(9-6-10-20)11-16(2,3)4/h5,7-8,20H,6,9-11H2,1-4H3,(H,18,21). The molecule has 0 atom stereocenters. The fraction of sp³-hybridized carbons (Fsp3) is 0.562. The Morgan fingerprint density at radius 2 is 2.05 bits per heavy atom. The number of hydrogen-bond acceptors (Lipinski definition) is 2. The number of amides is 2. The van der Waals surface area contributed by atoms with Crippen LogP contribution in [0.25, 0.3) is 0 Å². The van der Waals surface area contributed by atoms with Crippen LogP contribution in [0.1, 0.15) is 32.8 Å². The molecule has 5 heteroatoms. The Bertz CT molecular complexity index is 484. The van der Waals surface area contributed by atoms with E-state index in [4.69, 9.17) is 16.7 Å². The number of aliphatic hydroxyl groups is 1. The number of halogens is 1. The average molecular weight is 313 g/mol. The van der Waals surface area contributed by atoms with Crippen LogP contribution in [-0.2, 0) is 0 Å². The van der Waals surface area contributed by atoms with E-state index in [-0.39, 0.29) is 18.1 Å². The highest BCUT2D eigenvalue weighted by Crippen LogP contribution is 2.25. The van der Waals surface area contributed by atoms with Gasteiger partial charge in [-0.15, -0.1) is 0 Å². The van der Waals surface area contributed by atoms with Crippen LogP contribution in [0.3, 0.4) is 0 Å². The summed E-state index contributed by atoms with van der Waals surface area (Å²) in [5, 5.41) is 12.4. The topological polar surface area (TPSA) is 52.6 Å². The highest BCUT2D eigenvalue weighted by Gasteiger charge is 2.21. The number of carbonyl (C=O) groups excluding carboxylic acids is 1. The minimum Gasteiger partial charge on any atom is -0.396 e. The van der Waals surface area contributed by atoms with Crippen LogP contribution < -0.4 is 5.32 Å². The van der Waals surface area contributed by atoms with E-state index in [1.54, 1.807) is 11.0 Å². The van der Waals surface area contributed by atoms with Gasteiger partial charge in [-0.05, 0) is 30.4 Å². The maximum Gasteiger partial charge on any atom is 0.321 e. The number of aryl methyl sites for hydroxylation is 1. The number of carbonyl (C=O) groups is 1. The van der Waals surface area contributed by atoms with Crippen molar-refractivity contribution in [3.8, 4) is 0 Å². The zero-order chi connectivity index (χ0) is 16.0. The van der Waals surface area contributed by atoms with Gasteiger partial charge in [-0.2, -0.15) is 0 Å². The zero-order valence-corrected chi connectivity index (χ0v) is 14.0. The number of benzene rings is 1. The Balaban J connectivity index is 2.82. The molecule has 0 heterocycles. The lowest BCUT2D eigenvalue weighted by Crippen LogP contribution is -2.41. The number of rotatable bonds is 5. The highest BCUT2D eigenvalue weighted by molar-refractivity contribution is 6.34. The lowest BCUT2D eigenvalue weighted by molar-refractivity contribution is 0.176.